The highest BCUT2D eigenvalue weighted by Gasteiger charge is 2.30. The van der Waals surface area contributed by atoms with E-state index in [0.29, 0.717) is 13.0 Å². The van der Waals surface area contributed by atoms with Gasteiger partial charge in [-0.25, -0.2) is 0 Å². The number of benzene rings is 3. The average molecular weight is 588 g/mol. The highest BCUT2D eigenvalue weighted by molar-refractivity contribution is 5.85. The molecule has 4 heterocycles. The summed E-state index contributed by atoms with van der Waals surface area (Å²) in [6.07, 6.45) is 6.50. The van der Waals surface area contributed by atoms with E-state index in [1.54, 1.807) is 7.11 Å². The summed E-state index contributed by atoms with van der Waals surface area (Å²) in [4.78, 5) is 20.4. The normalized spacial score (nSPS) is 16.4. The van der Waals surface area contributed by atoms with Gasteiger partial charge in [-0.15, -0.1) is 10.2 Å². The molecule has 6 aromatic rings. The van der Waals surface area contributed by atoms with Crippen molar-refractivity contribution < 1.29 is 9.53 Å². The minimum absolute atomic E-state index is 0.00225. The summed E-state index contributed by atoms with van der Waals surface area (Å²) >= 11 is 0. The van der Waals surface area contributed by atoms with E-state index in [9.17, 15) is 4.79 Å². The molecule has 3 aromatic heterocycles. The first-order chi connectivity index (χ1) is 21.6. The van der Waals surface area contributed by atoms with Crippen LogP contribution in [0.2, 0.25) is 0 Å². The summed E-state index contributed by atoms with van der Waals surface area (Å²) in [7, 11) is 1.67. The Morgan fingerprint density at radius 1 is 0.955 bits per heavy atom. The topological polar surface area (TPSA) is 113 Å². The van der Waals surface area contributed by atoms with Crippen LogP contribution in [0.5, 0.6) is 5.75 Å². The SMILES string of the molecule is COc1ccc(Cn2c(C(C)c3c[nH]c4ccccc34)nnc2[C@@H](Cc2c[nH]c3ccccc23)NC(=O)[C@H]2CCCN2)cc1. The van der Waals surface area contributed by atoms with Gasteiger partial charge in [0.25, 0.3) is 0 Å². The van der Waals surface area contributed by atoms with Crippen LogP contribution >= 0.6 is 0 Å². The maximum atomic E-state index is 13.6. The number of para-hydroxylation sites is 2. The van der Waals surface area contributed by atoms with E-state index in [-0.39, 0.29) is 17.9 Å². The Labute approximate surface area is 256 Å². The number of aromatic amines is 2. The van der Waals surface area contributed by atoms with E-state index in [1.807, 2.05) is 36.5 Å². The van der Waals surface area contributed by atoms with Crippen molar-refractivity contribution in [1.29, 1.82) is 0 Å². The Balaban J connectivity index is 1.32. The second kappa shape index (κ2) is 12.0. The summed E-state index contributed by atoms with van der Waals surface area (Å²) in [5, 5.41) is 18.7. The third-order valence-electron chi connectivity index (χ3n) is 8.89. The second-order valence-electron chi connectivity index (χ2n) is 11.6. The number of ether oxygens (including phenoxy) is 1. The van der Waals surface area contributed by atoms with Crippen molar-refractivity contribution in [3.05, 3.63) is 114 Å². The molecule has 1 saturated heterocycles. The molecule has 1 aliphatic heterocycles. The molecular weight excluding hydrogens is 550 g/mol. The molecule has 224 valence electrons. The van der Waals surface area contributed by atoms with Crippen molar-refractivity contribution in [1.82, 2.24) is 35.4 Å². The zero-order valence-corrected chi connectivity index (χ0v) is 25.0. The van der Waals surface area contributed by atoms with E-state index in [1.165, 1.54) is 0 Å². The largest absolute Gasteiger partial charge is 0.497 e. The molecule has 1 amide bonds. The van der Waals surface area contributed by atoms with Crippen molar-refractivity contribution in [2.75, 3.05) is 13.7 Å². The second-order valence-corrected chi connectivity index (χ2v) is 11.6. The number of methoxy groups -OCH3 is 1. The lowest BCUT2D eigenvalue weighted by Gasteiger charge is -2.23. The minimum atomic E-state index is -0.390. The number of carbonyl (C=O) groups is 1. The van der Waals surface area contributed by atoms with Crippen LogP contribution in [0.25, 0.3) is 21.8 Å². The zero-order valence-electron chi connectivity index (χ0n) is 25.0. The van der Waals surface area contributed by atoms with Gasteiger partial charge >= 0.3 is 0 Å². The quantitative estimate of drug-likeness (QED) is 0.167. The van der Waals surface area contributed by atoms with Crippen molar-refractivity contribution in [2.45, 2.75) is 50.7 Å². The Hall–Kier alpha value is -4.89. The van der Waals surface area contributed by atoms with Crippen molar-refractivity contribution in [2.24, 2.45) is 0 Å². The lowest BCUT2D eigenvalue weighted by molar-refractivity contribution is -0.123. The number of hydrogen-bond donors (Lipinski definition) is 4. The molecule has 7 rings (SSSR count). The molecule has 1 unspecified atom stereocenters. The van der Waals surface area contributed by atoms with Gasteiger partial charge in [0, 0.05) is 46.5 Å². The predicted octanol–water partition coefficient (Wildman–Crippen LogP) is 5.60. The Morgan fingerprint density at radius 2 is 1.66 bits per heavy atom. The van der Waals surface area contributed by atoms with Gasteiger partial charge in [-0.05, 0) is 60.3 Å². The van der Waals surface area contributed by atoms with Crippen molar-refractivity contribution in [3.8, 4) is 5.75 Å². The zero-order chi connectivity index (χ0) is 30.0. The van der Waals surface area contributed by atoms with Crippen LogP contribution in [0, 0.1) is 0 Å². The number of hydrogen-bond acceptors (Lipinski definition) is 5. The Morgan fingerprint density at radius 3 is 2.41 bits per heavy atom. The fourth-order valence-corrected chi connectivity index (χ4v) is 6.48. The number of aromatic nitrogens is 5. The first kappa shape index (κ1) is 27.9. The molecule has 0 saturated carbocycles. The van der Waals surface area contributed by atoms with Crippen molar-refractivity contribution >= 4 is 27.7 Å². The molecule has 0 spiro atoms. The lowest BCUT2D eigenvalue weighted by Crippen LogP contribution is -2.43. The van der Waals surface area contributed by atoms with Crippen LogP contribution in [0.1, 0.15) is 60.1 Å². The van der Waals surface area contributed by atoms with Crippen LogP contribution < -0.4 is 15.4 Å². The fraction of sp³-hybridized carbons (Fsp3) is 0.286. The summed E-state index contributed by atoms with van der Waals surface area (Å²) in [6.45, 7) is 3.57. The molecule has 0 bridgehead atoms. The van der Waals surface area contributed by atoms with E-state index in [0.717, 1.165) is 75.3 Å². The van der Waals surface area contributed by atoms with E-state index in [4.69, 9.17) is 14.9 Å². The molecular formula is C35H37N7O2. The van der Waals surface area contributed by atoms with Gasteiger partial charge in [0.1, 0.15) is 11.6 Å². The number of nitrogens with one attached hydrogen (secondary N) is 4. The third-order valence-corrected chi connectivity index (χ3v) is 8.89. The molecule has 9 nitrogen and oxygen atoms in total. The highest BCUT2D eigenvalue weighted by Crippen LogP contribution is 2.32. The summed E-state index contributed by atoms with van der Waals surface area (Å²) in [6, 6.07) is 24.1. The molecule has 44 heavy (non-hydrogen) atoms. The Kier molecular flexibility index (Phi) is 7.62. The summed E-state index contributed by atoms with van der Waals surface area (Å²) in [5.41, 5.74) is 5.52. The number of H-pyrrole nitrogens is 2. The molecule has 3 aromatic carbocycles. The third kappa shape index (κ3) is 5.35. The van der Waals surface area contributed by atoms with Crippen LogP contribution in [0.3, 0.4) is 0 Å². The minimum Gasteiger partial charge on any atom is -0.497 e. The first-order valence-corrected chi connectivity index (χ1v) is 15.3. The van der Waals surface area contributed by atoms with Crippen LogP contribution in [-0.4, -0.2) is 50.3 Å². The van der Waals surface area contributed by atoms with Crippen molar-refractivity contribution in [3.63, 3.8) is 0 Å². The van der Waals surface area contributed by atoms with Crippen LogP contribution in [-0.2, 0) is 17.8 Å². The van der Waals surface area contributed by atoms with E-state index >= 15 is 0 Å². The average Bonchev–Trinajstić information content (AvgIpc) is 3.88. The predicted molar refractivity (Wildman–Crippen MR) is 172 cm³/mol. The van der Waals surface area contributed by atoms with Gasteiger partial charge in [0.2, 0.25) is 5.91 Å². The molecule has 3 atom stereocenters. The number of carbonyl (C=O) groups excluding carboxylic acids is 1. The number of amides is 1. The molecule has 1 aliphatic rings. The lowest BCUT2D eigenvalue weighted by atomic mass is 9.99. The maximum Gasteiger partial charge on any atom is 0.237 e. The summed E-state index contributed by atoms with van der Waals surface area (Å²) < 4.78 is 7.60. The number of nitrogens with zero attached hydrogens (tertiary/aromatic N) is 3. The van der Waals surface area contributed by atoms with Crippen LogP contribution in [0.4, 0.5) is 0 Å². The monoisotopic (exact) mass is 587 g/mol. The van der Waals surface area contributed by atoms with E-state index in [2.05, 4.69) is 80.8 Å². The molecule has 0 radical (unpaired) electrons. The van der Waals surface area contributed by atoms with Gasteiger partial charge in [-0.1, -0.05) is 55.5 Å². The molecule has 4 N–H and O–H groups in total. The summed E-state index contributed by atoms with van der Waals surface area (Å²) in [5.74, 6) is 2.33. The number of rotatable bonds is 10. The van der Waals surface area contributed by atoms with Gasteiger partial charge in [-0.2, -0.15) is 0 Å². The van der Waals surface area contributed by atoms with Gasteiger partial charge in [0.05, 0.1) is 25.7 Å². The maximum absolute atomic E-state index is 13.6. The molecule has 1 fully saturated rings. The fourth-order valence-electron chi connectivity index (χ4n) is 6.48. The standard InChI is InChI=1S/C35H37N7O2/c1-22(28-20-38-30-11-6-4-9-27(28)30)33-40-41-34(42(33)21-23-13-15-25(44-2)16-14-23)32(39-35(43)31-12-7-17-36-31)18-24-19-37-29-10-5-3-8-26(24)29/h3-6,8-11,13-16,19-20,22,31-32,36-38H,7,12,17-18,21H2,1-2H3,(H,39,43)/t22?,31-,32-/m1/s1. The van der Waals surface area contributed by atoms with Gasteiger partial charge in [0.15, 0.2) is 5.82 Å². The number of fused-ring (bicyclic) bond motifs is 2. The highest BCUT2D eigenvalue weighted by atomic mass is 16.5. The molecule has 0 aliphatic carbocycles. The van der Waals surface area contributed by atoms with Crippen LogP contribution in [0.15, 0.2) is 85.2 Å². The smallest absolute Gasteiger partial charge is 0.237 e. The Bertz CT molecular complexity index is 1900. The van der Waals surface area contributed by atoms with Gasteiger partial charge in [-0.3, -0.25) is 4.79 Å². The molecule has 9 heteroatoms. The van der Waals surface area contributed by atoms with Gasteiger partial charge < -0.3 is 29.9 Å². The first-order valence-electron chi connectivity index (χ1n) is 15.3. The van der Waals surface area contributed by atoms with E-state index < -0.39 is 6.04 Å².